The summed E-state index contributed by atoms with van der Waals surface area (Å²) < 4.78 is 11.2. The number of hydrogen-bond acceptors (Lipinski definition) is 2. The maximum absolute atomic E-state index is 5.70. The fourth-order valence-corrected chi connectivity index (χ4v) is 4.18. The molecule has 0 bridgehead atoms. The largest absolute Gasteiger partial charge is 0.379 e. The summed E-state index contributed by atoms with van der Waals surface area (Å²) in [5, 5.41) is 0. The first kappa shape index (κ1) is 16.4. The highest BCUT2D eigenvalue weighted by Gasteiger charge is 2.05. The number of ether oxygens (including phenoxy) is 2. The highest BCUT2D eigenvalue weighted by atomic mass is 28.3. The maximum atomic E-state index is 5.70. The second-order valence-corrected chi connectivity index (χ2v) is 12.1. The summed E-state index contributed by atoms with van der Waals surface area (Å²) in [6.45, 7) is 14.1. The highest BCUT2D eigenvalue weighted by molar-refractivity contribution is 6.56. The highest BCUT2D eigenvalue weighted by Crippen LogP contribution is 2.02. The van der Waals surface area contributed by atoms with Gasteiger partial charge in [-0.25, -0.2) is 0 Å². The zero-order valence-electron chi connectivity index (χ0n) is 11.8. The molecule has 4 heteroatoms. The minimum atomic E-state index is -0.471. The van der Waals surface area contributed by atoms with Crippen molar-refractivity contribution in [3.05, 3.63) is 0 Å². The minimum absolute atomic E-state index is 0.369. The van der Waals surface area contributed by atoms with Gasteiger partial charge in [-0.3, -0.25) is 0 Å². The van der Waals surface area contributed by atoms with Crippen LogP contribution < -0.4 is 0 Å². The van der Waals surface area contributed by atoms with Gasteiger partial charge in [-0.1, -0.05) is 32.2 Å². The summed E-state index contributed by atoms with van der Waals surface area (Å²) >= 11 is 0. The van der Waals surface area contributed by atoms with Crippen molar-refractivity contribution in [2.45, 2.75) is 57.7 Å². The van der Waals surface area contributed by atoms with Crippen LogP contribution in [-0.2, 0) is 9.47 Å². The van der Waals surface area contributed by atoms with Gasteiger partial charge in [-0.2, -0.15) is 0 Å². The Balaban J connectivity index is 3.14. The van der Waals surface area contributed by atoms with Gasteiger partial charge < -0.3 is 9.47 Å². The maximum Gasteiger partial charge on any atom is 0.0703 e. The van der Waals surface area contributed by atoms with Gasteiger partial charge in [-0.15, -0.1) is 0 Å². The van der Waals surface area contributed by atoms with E-state index in [-0.39, 0.29) is 8.80 Å². The molecule has 2 nitrogen and oxygen atoms in total. The van der Waals surface area contributed by atoms with Crippen LogP contribution in [0.25, 0.3) is 0 Å². The van der Waals surface area contributed by atoms with Gasteiger partial charge in [0.2, 0.25) is 0 Å². The molecule has 0 spiro atoms. The third kappa shape index (κ3) is 12.4. The Morgan fingerprint density at radius 2 is 1.62 bits per heavy atom. The lowest BCUT2D eigenvalue weighted by molar-refractivity contribution is 0.0196. The van der Waals surface area contributed by atoms with Crippen LogP contribution in [0.15, 0.2) is 0 Å². The molecule has 0 aliphatic carbocycles. The average molecular weight is 263 g/mol. The monoisotopic (exact) mass is 262 g/mol. The summed E-state index contributed by atoms with van der Waals surface area (Å²) in [5.41, 5.74) is 0. The summed E-state index contributed by atoms with van der Waals surface area (Å²) in [4.78, 5) is 0. The molecular weight excluding hydrogens is 232 g/mol. The second kappa shape index (κ2) is 10.5. The fraction of sp³-hybridized carbons (Fsp3) is 1.00. The van der Waals surface area contributed by atoms with Gasteiger partial charge in [0, 0.05) is 24.2 Å². The first-order chi connectivity index (χ1) is 7.52. The van der Waals surface area contributed by atoms with Gasteiger partial charge in [0.05, 0.1) is 19.3 Å². The standard InChI is InChI=1S/C12H30O2Si2/c1-12(11-16(4)5)14-9-8-13-7-6-10-15(2)3/h12,15-16H,6-11H2,1-5H3. The Morgan fingerprint density at radius 3 is 2.19 bits per heavy atom. The molecule has 0 saturated heterocycles. The van der Waals surface area contributed by atoms with Crippen molar-refractivity contribution in [3.63, 3.8) is 0 Å². The molecule has 0 rings (SSSR count). The molecule has 16 heavy (non-hydrogen) atoms. The summed E-state index contributed by atoms with van der Waals surface area (Å²) in [7, 11) is -0.840. The molecule has 98 valence electrons. The van der Waals surface area contributed by atoms with Gasteiger partial charge in [0.1, 0.15) is 0 Å². The number of rotatable bonds is 10. The molecule has 0 aromatic rings. The third-order valence-electron chi connectivity index (χ3n) is 2.50. The predicted molar refractivity (Wildman–Crippen MR) is 78.2 cm³/mol. The van der Waals surface area contributed by atoms with Crippen LogP contribution in [0.5, 0.6) is 0 Å². The molecule has 1 unspecified atom stereocenters. The van der Waals surface area contributed by atoms with Crippen molar-refractivity contribution in [1.82, 2.24) is 0 Å². The van der Waals surface area contributed by atoms with E-state index in [0.717, 1.165) is 19.8 Å². The zero-order valence-corrected chi connectivity index (χ0v) is 14.1. The van der Waals surface area contributed by atoms with E-state index in [0.29, 0.717) is 6.10 Å². The van der Waals surface area contributed by atoms with Crippen molar-refractivity contribution in [2.75, 3.05) is 19.8 Å². The Morgan fingerprint density at radius 1 is 0.938 bits per heavy atom. The van der Waals surface area contributed by atoms with Gasteiger partial charge in [-0.05, 0) is 19.4 Å². The average Bonchev–Trinajstić information content (AvgIpc) is 2.14. The second-order valence-electron chi connectivity index (χ2n) is 5.46. The van der Waals surface area contributed by atoms with Crippen molar-refractivity contribution in [1.29, 1.82) is 0 Å². The van der Waals surface area contributed by atoms with Crippen LogP contribution in [-0.4, -0.2) is 43.5 Å². The van der Waals surface area contributed by atoms with E-state index in [1.54, 1.807) is 0 Å². The molecule has 0 amide bonds. The van der Waals surface area contributed by atoms with Crippen molar-refractivity contribution in [3.8, 4) is 0 Å². The Labute approximate surface area is 105 Å². The van der Waals surface area contributed by atoms with Gasteiger partial charge >= 0.3 is 0 Å². The molecular formula is C12H30O2Si2. The Bertz CT molecular complexity index is 152. The van der Waals surface area contributed by atoms with Gasteiger partial charge in [0.25, 0.3) is 0 Å². The fourth-order valence-electron chi connectivity index (χ4n) is 1.74. The molecule has 0 heterocycles. The molecule has 0 aliphatic rings. The van der Waals surface area contributed by atoms with Crippen LogP contribution in [0.3, 0.4) is 0 Å². The van der Waals surface area contributed by atoms with Crippen LogP contribution in [0.4, 0.5) is 0 Å². The first-order valence-corrected chi connectivity index (χ1v) is 13.0. The lowest BCUT2D eigenvalue weighted by Gasteiger charge is -2.14. The SMILES string of the molecule is CC(C[SiH](C)C)OCCOCCC[SiH](C)C. The number of hydrogen-bond donors (Lipinski definition) is 0. The van der Waals surface area contributed by atoms with Crippen molar-refractivity contribution >= 4 is 17.6 Å². The van der Waals surface area contributed by atoms with E-state index in [2.05, 4.69) is 33.1 Å². The van der Waals surface area contributed by atoms with Gasteiger partial charge in [0.15, 0.2) is 0 Å². The summed E-state index contributed by atoms with van der Waals surface area (Å²) in [5.74, 6) is 0. The van der Waals surface area contributed by atoms with Crippen LogP contribution in [0.2, 0.25) is 38.3 Å². The Hall–Kier alpha value is 0.354. The normalized spacial score (nSPS) is 13.7. The zero-order chi connectivity index (χ0) is 12.4. The van der Waals surface area contributed by atoms with E-state index < -0.39 is 8.80 Å². The van der Waals surface area contributed by atoms with E-state index in [9.17, 15) is 0 Å². The lowest BCUT2D eigenvalue weighted by atomic mass is 10.5. The first-order valence-electron chi connectivity index (χ1n) is 6.71. The molecule has 1 atom stereocenters. The quantitative estimate of drug-likeness (QED) is 0.445. The molecule has 0 aliphatic heterocycles. The molecule has 0 saturated carbocycles. The van der Waals surface area contributed by atoms with E-state index in [1.165, 1.54) is 18.5 Å². The van der Waals surface area contributed by atoms with E-state index in [4.69, 9.17) is 9.47 Å². The van der Waals surface area contributed by atoms with Crippen molar-refractivity contribution in [2.24, 2.45) is 0 Å². The van der Waals surface area contributed by atoms with Crippen LogP contribution in [0.1, 0.15) is 13.3 Å². The summed E-state index contributed by atoms with van der Waals surface area (Å²) in [6, 6.07) is 2.68. The van der Waals surface area contributed by atoms with E-state index in [1.807, 2.05) is 0 Å². The topological polar surface area (TPSA) is 18.5 Å². The third-order valence-corrected chi connectivity index (χ3v) is 5.67. The minimum Gasteiger partial charge on any atom is -0.379 e. The van der Waals surface area contributed by atoms with E-state index >= 15 is 0 Å². The molecule has 0 radical (unpaired) electrons. The Kier molecular flexibility index (Phi) is 10.7. The smallest absolute Gasteiger partial charge is 0.0703 e. The van der Waals surface area contributed by atoms with Crippen molar-refractivity contribution < 1.29 is 9.47 Å². The summed E-state index contributed by atoms with van der Waals surface area (Å²) in [6.07, 6.45) is 1.66. The molecule has 0 aromatic heterocycles. The lowest BCUT2D eigenvalue weighted by Crippen LogP contribution is -2.18. The molecule has 0 aromatic carbocycles. The molecule has 0 fully saturated rings. The van der Waals surface area contributed by atoms with Crippen LogP contribution in [0, 0.1) is 0 Å². The van der Waals surface area contributed by atoms with Crippen LogP contribution >= 0.6 is 0 Å². The molecule has 0 N–H and O–H groups in total. The predicted octanol–water partition coefficient (Wildman–Crippen LogP) is 2.77.